The minimum absolute atomic E-state index is 0.0887. The molecule has 0 unspecified atom stereocenters. The lowest BCUT2D eigenvalue weighted by Gasteiger charge is -2.26. The van der Waals surface area contributed by atoms with Gasteiger partial charge in [0.05, 0.1) is 14.2 Å². The molecule has 2 aromatic rings. The predicted octanol–water partition coefficient (Wildman–Crippen LogP) is 1.63. The highest BCUT2D eigenvalue weighted by Gasteiger charge is 2.33. The van der Waals surface area contributed by atoms with Crippen LogP contribution in [0.1, 0.15) is 24.0 Å². The molecular weight excluding hydrogens is 244 g/mol. The van der Waals surface area contributed by atoms with Crippen LogP contribution in [0.5, 0.6) is 11.5 Å². The van der Waals surface area contributed by atoms with Gasteiger partial charge in [0.2, 0.25) is 10.9 Å². The smallest absolute Gasteiger partial charge is 0.234 e. The van der Waals surface area contributed by atoms with Gasteiger partial charge in [0.15, 0.2) is 11.5 Å². The van der Waals surface area contributed by atoms with Crippen molar-refractivity contribution in [1.29, 1.82) is 0 Å². The number of hydrogen-bond acceptors (Lipinski definition) is 4. The minimum Gasteiger partial charge on any atom is -0.493 e. The van der Waals surface area contributed by atoms with Crippen LogP contribution in [-0.4, -0.2) is 14.2 Å². The van der Waals surface area contributed by atoms with E-state index < -0.39 is 0 Å². The van der Waals surface area contributed by atoms with Crippen molar-refractivity contribution in [3.63, 3.8) is 0 Å². The van der Waals surface area contributed by atoms with Crippen molar-refractivity contribution in [3.8, 4) is 22.6 Å². The second kappa shape index (κ2) is 3.95. The third kappa shape index (κ3) is 1.46. The molecule has 19 heavy (non-hydrogen) atoms. The molecule has 2 aromatic carbocycles. The van der Waals surface area contributed by atoms with Gasteiger partial charge in [0.25, 0.3) is 0 Å². The Morgan fingerprint density at radius 1 is 1.05 bits per heavy atom. The maximum Gasteiger partial charge on any atom is 0.234 e. The lowest BCUT2D eigenvalue weighted by Crippen LogP contribution is -2.40. The maximum atomic E-state index is 11.8. The van der Waals surface area contributed by atoms with Gasteiger partial charge in [-0.15, -0.1) is 0 Å². The van der Waals surface area contributed by atoms with Gasteiger partial charge >= 0.3 is 0 Å². The van der Waals surface area contributed by atoms with E-state index in [1.807, 2.05) is 13.0 Å². The van der Waals surface area contributed by atoms with Gasteiger partial charge in [-0.25, -0.2) is 0 Å². The van der Waals surface area contributed by atoms with E-state index in [9.17, 15) is 9.59 Å². The molecule has 0 aromatic heterocycles. The molecule has 4 nitrogen and oxygen atoms in total. The van der Waals surface area contributed by atoms with Crippen LogP contribution in [0.15, 0.2) is 21.7 Å². The standard InChI is InChI=1S/C15H14O4/c1-7-4-8-5-10(18-2)11(19-3)6-9(8)13-12(7)14(16)15(13)17/h5-7H,4H2,1-3H3/t7-/m1/s1. The molecule has 0 amide bonds. The Kier molecular flexibility index (Phi) is 2.49. The molecular formula is C15H14O4. The fourth-order valence-electron chi connectivity index (χ4n) is 2.90. The first-order valence-electron chi connectivity index (χ1n) is 6.17. The highest BCUT2D eigenvalue weighted by atomic mass is 16.5. The van der Waals surface area contributed by atoms with Gasteiger partial charge < -0.3 is 9.47 Å². The van der Waals surface area contributed by atoms with Gasteiger partial charge in [-0.05, 0) is 35.6 Å². The van der Waals surface area contributed by atoms with Gasteiger partial charge in [0.1, 0.15) is 0 Å². The van der Waals surface area contributed by atoms with E-state index in [1.165, 1.54) is 0 Å². The van der Waals surface area contributed by atoms with E-state index in [4.69, 9.17) is 9.47 Å². The summed E-state index contributed by atoms with van der Waals surface area (Å²) in [7, 11) is 3.14. The first-order chi connectivity index (χ1) is 9.08. The van der Waals surface area contributed by atoms with E-state index in [2.05, 4.69) is 0 Å². The number of benzene rings is 1. The fourth-order valence-corrected chi connectivity index (χ4v) is 2.90. The van der Waals surface area contributed by atoms with Crippen LogP contribution in [0.3, 0.4) is 0 Å². The second-order valence-electron chi connectivity index (χ2n) is 4.92. The van der Waals surface area contributed by atoms with Gasteiger partial charge in [0, 0.05) is 11.1 Å². The number of rotatable bonds is 2. The van der Waals surface area contributed by atoms with Crippen LogP contribution in [0.4, 0.5) is 0 Å². The van der Waals surface area contributed by atoms with Crippen LogP contribution in [0, 0.1) is 0 Å². The highest BCUT2D eigenvalue weighted by molar-refractivity contribution is 5.79. The molecule has 4 heteroatoms. The van der Waals surface area contributed by atoms with E-state index in [0.717, 1.165) is 17.5 Å². The molecule has 98 valence electrons. The van der Waals surface area contributed by atoms with E-state index >= 15 is 0 Å². The molecule has 3 rings (SSSR count). The average molecular weight is 258 g/mol. The topological polar surface area (TPSA) is 52.6 Å². The summed E-state index contributed by atoms with van der Waals surface area (Å²) in [4.78, 5) is 23.4. The summed E-state index contributed by atoms with van der Waals surface area (Å²) in [6, 6.07) is 3.68. The molecule has 0 fully saturated rings. The molecule has 0 aliphatic heterocycles. The normalized spacial score (nSPS) is 16.9. The molecule has 1 aliphatic carbocycles. The lowest BCUT2D eigenvalue weighted by molar-refractivity contribution is 0.354. The number of fused-ring (bicyclic) bond motifs is 3. The summed E-state index contributed by atoms with van der Waals surface area (Å²) < 4.78 is 10.5. The first kappa shape index (κ1) is 12.0. The Bertz CT molecular complexity index is 735. The van der Waals surface area contributed by atoms with Crippen molar-refractivity contribution in [2.24, 2.45) is 0 Å². The van der Waals surface area contributed by atoms with Crippen molar-refractivity contribution in [1.82, 2.24) is 0 Å². The Morgan fingerprint density at radius 3 is 2.32 bits per heavy atom. The van der Waals surface area contributed by atoms with E-state index in [0.29, 0.717) is 22.6 Å². The van der Waals surface area contributed by atoms with Crippen LogP contribution in [-0.2, 0) is 6.42 Å². The van der Waals surface area contributed by atoms with Crippen molar-refractivity contribution in [3.05, 3.63) is 43.7 Å². The Labute approximate surface area is 110 Å². The van der Waals surface area contributed by atoms with E-state index in [1.54, 1.807) is 20.3 Å². The van der Waals surface area contributed by atoms with Crippen LogP contribution < -0.4 is 20.3 Å². The van der Waals surface area contributed by atoms with Crippen LogP contribution in [0.25, 0.3) is 11.1 Å². The summed E-state index contributed by atoms with van der Waals surface area (Å²) in [5.74, 6) is 1.32. The quantitative estimate of drug-likeness (QED) is 0.768. The Morgan fingerprint density at radius 2 is 1.68 bits per heavy atom. The number of ether oxygens (including phenoxy) is 2. The zero-order chi connectivity index (χ0) is 13.7. The van der Waals surface area contributed by atoms with Crippen molar-refractivity contribution in [2.45, 2.75) is 19.3 Å². The highest BCUT2D eigenvalue weighted by Crippen LogP contribution is 2.42. The number of hydrogen-bond donors (Lipinski definition) is 0. The zero-order valence-electron chi connectivity index (χ0n) is 11.1. The molecule has 1 aliphatic rings. The maximum absolute atomic E-state index is 11.8. The fraction of sp³-hybridized carbons (Fsp3) is 0.333. The average Bonchev–Trinajstić information content (AvgIpc) is 2.43. The third-order valence-electron chi connectivity index (χ3n) is 3.84. The molecule has 0 spiro atoms. The number of methoxy groups -OCH3 is 2. The van der Waals surface area contributed by atoms with Crippen molar-refractivity contribution in [2.75, 3.05) is 14.2 Å². The summed E-state index contributed by atoms with van der Waals surface area (Å²) in [6.45, 7) is 1.97. The van der Waals surface area contributed by atoms with Crippen LogP contribution >= 0.6 is 0 Å². The molecule has 0 saturated carbocycles. The van der Waals surface area contributed by atoms with Crippen molar-refractivity contribution >= 4 is 0 Å². The Balaban J connectivity index is 2.28. The van der Waals surface area contributed by atoms with Crippen molar-refractivity contribution < 1.29 is 9.47 Å². The lowest BCUT2D eigenvalue weighted by atomic mass is 9.76. The largest absolute Gasteiger partial charge is 0.493 e. The van der Waals surface area contributed by atoms with Gasteiger partial charge in [-0.3, -0.25) is 9.59 Å². The molecule has 0 radical (unpaired) electrons. The molecule has 1 atom stereocenters. The monoisotopic (exact) mass is 258 g/mol. The summed E-state index contributed by atoms with van der Waals surface area (Å²) in [5, 5.41) is 0. The SMILES string of the molecule is COc1cc2c(cc1OC)-c1c(c(=O)c1=O)[C@H](C)C2. The van der Waals surface area contributed by atoms with Gasteiger partial charge in [-0.2, -0.15) is 0 Å². The summed E-state index contributed by atoms with van der Waals surface area (Å²) in [6.07, 6.45) is 0.744. The third-order valence-corrected chi connectivity index (χ3v) is 3.84. The Hall–Kier alpha value is -2.10. The van der Waals surface area contributed by atoms with E-state index in [-0.39, 0.29) is 16.8 Å². The summed E-state index contributed by atoms with van der Waals surface area (Å²) in [5.41, 5.74) is 2.38. The van der Waals surface area contributed by atoms with Crippen LogP contribution in [0.2, 0.25) is 0 Å². The zero-order valence-corrected chi connectivity index (χ0v) is 11.1. The molecule has 0 saturated heterocycles. The minimum atomic E-state index is -0.380. The molecule has 0 heterocycles. The predicted molar refractivity (Wildman–Crippen MR) is 72.0 cm³/mol. The molecule has 0 bridgehead atoms. The second-order valence-corrected chi connectivity index (χ2v) is 4.92. The molecule has 0 N–H and O–H groups in total. The summed E-state index contributed by atoms with van der Waals surface area (Å²) >= 11 is 0. The first-order valence-corrected chi connectivity index (χ1v) is 6.17. The van der Waals surface area contributed by atoms with Gasteiger partial charge in [-0.1, -0.05) is 6.92 Å².